The number of carbonyl (C=O) groups excluding carboxylic acids is 1. The van der Waals surface area contributed by atoms with E-state index in [1.54, 1.807) is 13.0 Å². The second kappa shape index (κ2) is 9.26. The molecule has 1 heterocycles. The largest absolute Gasteiger partial charge is 0.463 e. The summed E-state index contributed by atoms with van der Waals surface area (Å²) in [6.45, 7) is 4.08. The number of rotatable bonds is 6. The molecule has 1 aromatic heterocycles. The first-order valence-electron chi connectivity index (χ1n) is 10.2. The molecule has 31 heavy (non-hydrogen) atoms. The summed E-state index contributed by atoms with van der Waals surface area (Å²) in [7, 11) is 0. The van der Waals surface area contributed by atoms with E-state index in [0.29, 0.717) is 12.5 Å². The van der Waals surface area contributed by atoms with Gasteiger partial charge in [-0.3, -0.25) is 0 Å². The zero-order valence-electron chi connectivity index (χ0n) is 17.5. The molecule has 0 N–H and O–H groups in total. The first kappa shape index (κ1) is 20.4. The molecule has 0 saturated heterocycles. The van der Waals surface area contributed by atoms with Crippen molar-refractivity contribution in [3.05, 3.63) is 95.4 Å². The Kier molecular flexibility index (Phi) is 6.08. The standard InChI is InChI=1S/C27H23NO3/c1-3-30-26(29)17-13-21-10-8-20(9-11-21)12-16-25-19(2)31-27(28-25)24-15-14-22-6-4-5-7-23(22)18-24/h4-18H,3H2,1-2H3/b16-12+,17-13?. The van der Waals surface area contributed by atoms with Gasteiger partial charge in [-0.15, -0.1) is 0 Å². The minimum atomic E-state index is -0.338. The SMILES string of the molecule is CCOC(=O)C=Cc1ccc(/C=C/c2nc(-c3ccc4ccccc4c3)oc2C)cc1. The van der Waals surface area contributed by atoms with E-state index in [-0.39, 0.29) is 5.97 Å². The topological polar surface area (TPSA) is 52.3 Å². The number of esters is 1. The van der Waals surface area contributed by atoms with Crippen LogP contribution >= 0.6 is 0 Å². The van der Waals surface area contributed by atoms with E-state index in [4.69, 9.17) is 9.15 Å². The Hall–Kier alpha value is -3.92. The lowest BCUT2D eigenvalue weighted by Gasteiger charge is -1.99. The second-order valence-corrected chi connectivity index (χ2v) is 7.11. The number of nitrogens with zero attached hydrogens (tertiary/aromatic N) is 1. The van der Waals surface area contributed by atoms with Gasteiger partial charge < -0.3 is 9.15 Å². The number of fused-ring (bicyclic) bond motifs is 1. The molecule has 0 radical (unpaired) electrons. The lowest BCUT2D eigenvalue weighted by Crippen LogP contribution is -1.98. The number of benzene rings is 3. The van der Waals surface area contributed by atoms with Crippen molar-refractivity contribution in [2.75, 3.05) is 6.61 Å². The van der Waals surface area contributed by atoms with Gasteiger partial charge in [0.15, 0.2) is 0 Å². The molecule has 0 unspecified atom stereocenters. The molecule has 0 aliphatic carbocycles. The van der Waals surface area contributed by atoms with Gasteiger partial charge in [0.05, 0.1) is 6.61 Å². The minimum absolute atomic E-state index is 0.338. The third-order valence-corrected chi connectivity index (χ3v) is 4.90. The van der Waals surface area contributed by atoms with Crippen LogP contribution in [0, 0.1) is 6.92 Å². The van der Waals surface area contributed by atoms with Crippen molar-refractivity contribution >= 4 is 35.0 Å². The van der Waals surface area contributed by atoms with E-state index in [9.17, 15) is 4.79 Å². The second-order valence-electron chi connectivity index (χ2n) is 7.11. The first-order chi connectivity index (χ1) is 15.1. The van der Waals surface area contributed by atoms with Crippen LogP contribution in [0.4, 0.5) is 0 Å². The molecule has 4 aromatic rings. The lowest BCUT2D eigenvalue weighted by atomic mass is 10.1. The fourth-order valence-corrected chi connectivity index (χ4v) is 3.26. The van der Waals surface area contributed by atoms with Gasteiger partial charge in [0.25, 0.3) is 0 Å². The number of ether oxygens (including phenoxy) is 1. The molecule has 154 valence electrons. The average Bonchev–Trinajstić information content (AvgIpc) is 3.17. The van der Waals surface area contributed by atoms with Crippen molar-refractivity contribution in [1.29, 1.82) is 0 Å². The molecule has 0 bridgehead atoms. The number of aromatic nitrogens is 1. The molecule has 3 aromatic carbocycles. The van der Waals surface area contributed by atoms with Crippen LogP contribution in [-0.4, -0.2) is 17.6 Å². The van der Waals surface area contributed by atoms with Crippen molar-refractivity contribution in [3.8, 4) is 11.5 Å². The summed E-state index contributed by atoms with van der Waals surface area (Å²) in [5.74, 6) is 1.05. The molecule has 4 nitrogen and oxygen atoms in total. The van der Waals surface area contributed by atoms with Crippen LogP contribution in [0.3, 0.4) is 0 Å². The van der Waals surface area contributed by atoms with E-state index >= 15 is 0 Å². The Labute approximate surface area is 181 Å². The molecule has 4 heteroatoms. The molecular formula is C27H23NO3. The molecular weight excluding hydrogens is 386 g/mol. The van der Waals surface area contributed by atoms with Gasteiger partial charge in [0.2, 0.25) is 5.89 Å². The van der Waals surface area contributed by atoms with E-state index in [0.717, 1.165) is 33.5 Å². The highest BCUT2D eigenvalue weighted by Gasteiger charge is 2.10. The van der Waals surface area contributed by atoms with Crippen LogP contribution in [-0.2, 0) is 9.53 Å². The molecule has 0 amide bonds. The number of carbonyl (C=O) groups is 1. The number of aryl methyl sites for hydroxylation is 1. The summed E-state index contributed by atoms with van der Waals surface area (Å²) >= 11 is 0. The Morgan fingerprint density at radius 2 is 1.65 bits per heavy atom. The Bertz CT molecular complexity index is 1260. The van der Waals surface area contributed by atoms with Crippen LogP contribution in [0.5, 0.6) is 0 Å². The predicted molar refractivity (Wildman–Crippen MR) is 125 cm³/mol. The third kappa shape index (κ3) is 4.98. The molecule has 0 saturated carbocycles. The van der Waals surface area contributed by atoms with Gasteiger partial charge in [0, 0.05) is 11.6 Å². The summed E-state index contributed by atoms with van der Waals surface area (Å²) in [6.07, 6.45) is 7.12. The van der Waals surface area contributed by atoms with Crippen molar-refractivity contribution in [3.63, 3.8) is 0 Å². The summed E-state index contributed by atoms with van der Waals surface area (Å²) in [5.41, 5.74) is 3.72. The molecule has 0 atom stereocenters. The highest BCUT2D eigenvalue weighted by atomic mass is 16.5. The van der Waals surface area contributed by atoms with E-state index in [1.807, 2.05) is 61.5 Å². The summed E-state index contributed by atoms with van der Waals surface area (Å²) in [5, 5.41) is 2.35. The fourth-order valence-electron chi connectivity index (χ4n) is 3.26. The van der Waals surface area contributed by atoms with Crippen LogP contribution < -0.4 is 0 Å². The van der Waals surface area contributed by atoms with E-state index in [2.05, 4.69) is 29.2 Å². The summed E-state index contributed by atoms with van der Waals surface area (Å²) < 4.78 is 10.8. The van der Waals surface area contributed by atoms with Gasteiger partial charge in [0.1, 0.15) is 11.5 Å². The van der Waals surface area contributed by atoms with Gasteiger partial charge >= 0.3 is 5.97 Å². The molecule has 0 aliphatic rings. The van der Waals surface area contributed by atoms with Crippen LogP contribution in [0.1, 0.15) is 29.5 Å². The van der Waals surface area contributed by atoms with Crippen LogP contribution in [0.15, 0.2) is 77.2 Å². The first-order valence-corrected chi connectivity index (χ1v) is 10.2. The maximum Gasteiger partial charge on any atom is 0.330 e. The van der Waals surface area contributed by atoms with Crippen LogP contribution in [0.2, 0.25) is 0 Å². The van der Waals surface area contributed by atoms with Crippen LogP contribution in [0.25, 0.3) is 40.5 Å². The van der Waals surface area contributed by atoms with E-state index < -0.39 is 0 Å². The Balaban J connectivity index is 1.49. The molecule has 0 fully saturated rings. The number of oxazole rings is 1. The van der Waals surface area contributed by atoms with Crippen molar-refractivity contribution < 1.29 is 13.9 Å². The quantitative estimate of drug-likeness (QED) is 0.268. The lowest BCUT2D eigenvalue weighted by molar-refractivity contribution is -0.137. The molecule has 0 spiro atoms. The highest BCUT2D eigenvalue weighted by Crippen LogP contribution is 2.26. The summed E-state index contributed by atoms with van der Waals surface area (Å²) in [4.78, 5) is 16.1. The third-order valence-electron chi connectivity index (χ3n) is 4.90. The predicted octanol–water partition coefficient (Wildman–Crippen LogP) is 6.55. The zero-order chi connectivity index (χ0) is 21.6. The normalized spacial score (nSPS) is 11.5. The number of hydrogen-bond acceptors (Lipinski definition) is 4. The fraction of sp³-hybridized carbons (Fsp3) is 0.111. The molecule has 0 aliphatic heterocycles. The highest BCUT2D eigenvalue weighted by molar-refractivity contribution is 5.87. The van der Waals surface area contributed by atoms with Gasteiger partial charge in [-0.2, -0.15) is 0 Å². The van der Waals surface area contributed by atoms with Crippen molar-refractivity contribution in [1.82, 2.24) is 4.98 Å². The Morgan fingerprint density at radius 1 is 0.935 bits per heavy atom. The van der Waals surface area contributed by atoms with E-state index in [1.165, 1.54) is 11.5 Å². The van der Waals surface area contributed by atoms with Crippen molar-refractivity contribution in [2.24, 2.45) is 0 Å². The summed E-state index contributed by atoms with van der Waals surface area (Å²) in [6, 6.07) is 22.3. The zero-order valence-corrected chi connectivity index (χ0v) is 17.5. The molecule has 4 rings (SSSR count). The van der Waals surface area contributed by atoms with Gasteiger partial charge in [-0.25, -0.2) is 9.78 Å². The minimum Gasteiger partial charge on any atom is -0.463 e. The monoisotopic (exact) mass is 409 g/mol. The van der Waals surface area contributed by atoms with Gasteiger partial charge in [-0.1, -0.05) is 60.7 Å². The van der Waals surface area contributed by atoms with Gasteiger partial charge in [-0.05, 0) is 60.0 Å². The maximum atomic E-state index is 11.4. The average molecular weight is 409 g/mol. The van der Waals surface area contributed by atoms with Crippen molar-refractivity contribution in [2.45, 2.75) is 13.8 Å². The maximum absolute atomic E-state index is 11.4. The number of hydrogen-bond donors (Lipinski definition) is 0. The smallest absolute Gasteiger partial charge is 0.330 e. The Morgan fingerprint density at radius 3 is 2.39 bits per heavy atom.